The van der Waals surface area contributed by atoms with Crippen molar-refractivity contribution in [3.8, 4) is 17.1 Å². The molecule has 5 heteroatoms. The lowest BCUT2D eigenvalue weighted by Gasteiger charge is -2.07. The van der Waals surface area contributed by atoms with Crippen LogP contribution in [0, 0.1) is 0 Å². The first kappa shape index (κ1) is 15.6. The number of carboxylic acids is 1. The molecule has 2 aromatic carbocycles. The Balaban J connectivity index is 1.77. The summed E-state index contributed by atoms with van der Waals surface area (Å²) in [5.41, 5.74) is 1.24. The molecule has 1 N–H and O–H groups in total. The van der Waals surface area contributed by atoms with Gasteiger partial charge in [0.05, 0.1) is 0 Å². The Bertz CT molecular complexity index is 895. The Morgan fingerprint density at radius 2 is 1.71 bits per heavy atom. The topological polar surface area (TPSA) is 76.7 Å². The van der Waals surface area contributed by atoms with Crippen molar-refractivity contribution in [3.63, 3.8) is 0 Å². The predicted octanol–water partition coefficient (Wildman–Crippen LogP) is 3.58. The lowest BCUT2D eigenvalue weighted by Crippen LogP contribution is -2.05. The van der Waals surface area contributed by atoms with Gasteiger partial charge in [-0.25, -0.2) is 4.79 Å². The van der Waals surface area contributed by atoms with Crippen LogP contribution in [0.3, 0.4) is 0 Å². The van der Waals surface area contributed by atoms with E-state index >= 15 is 0 Å². The monoisotopic (exact) mass is 322 g/mol. The summed E-state index contributed by atoms with van der Waals surface area (Å²) in [4.78, 5) is 22.5. The van der Waals surface area contributed by atoms with Gasteiger partial charge >= 0.3 is 5.97 Å². The SMILES string of the molecule is O=C(O)c1cc(=O)cc(-c2ccc(OCc3ccccc3)cc2)o1. The average molecular weight is 322 g/mol. The number of ether oxygens (including phenoxy) is 1. The molecule has 120 valence electrons. The molecule has 1 aromatic heterocycles. The highest BCUT2D eigenvalue weighted by molar-refractivity contribution is 5.84. The van der Waals surface area contributed by atoms with Crippen LogP contribution in [0.1, 0.15) is 16.1 Å². The van der Waals surface area contributed by atoms with Crippen LogP contribution < -0.4 is 10.2 Å². The molecule has 0 aliphatic carbocycles. The molecule has 3 aromatic rings. The van der Waals surface area contributed by atoms with Gasteiger partial charge in [-0.15, -0.1) is 0 Å². The van der Waals surface area contributed by atoms with E-state index in [9.17, 15) is 9.59 Å². The minimum absolute atomic E-state index is 0.203. The van der Waals surface area contributed by atoms with Crippen LogP contribution >= 0.6 is 0 Å². The first-order valence-corrected chi connectivity index (χ1v) is 7.27. The molecule has 0 amide bonds. The van der Waals surface area contributed by atoms with E-state index in [0.29, 0.717) is 17.9 Å². The van der Waals surface area contributed by atoms with Crippen LogP contribution in [-0.2, 0) is 6.61 Å². The third-order valence-electron chi connectivity index (χ3n) is 3.36. The average Bonchev–Trinajstić information content (AvgIpc) is 2.61. The molecule has 0 aliphatic rings. The summed E-state index contributed by atoms with van der Waals surface area (Å²) in [7, 11) is 0. The van der Waals surface area contributed by atoms with Gasteiger partial charge in [-0.2, -0.15) is 0 Å². The lowest BCUT2D eigenvalue weighted by atomic mass is 10.1. The number of hydrogen-bond donors (Lipinski definition) is 1. The third-order valence-corrected chi connectivity index (χ3v) is 3.36. The zero-order chi connectivity index (χ0) is 16.9. The highest BCUT2D eigenvalue weighted by Crippen LogP contribution is 2.23. The Hall–Kier alpha value is -3.34. The van der Waals surface area contributed by atoms with Crippen molar-refractivity contribution >= 4 is 5.97 Å². The van der Waals surface area contributed by atoms with Gasteiger partial charge in [0.25, 0.3) is 0 Å². The quantitative estimate of drug-likeness (QED) is 0.777. The molecule has 5 nitrogen and oxygen atoms in total. The molecule has 3 rings (SSSR count). The normalized spacial score (nSPS) is 10.3. The van der Waals surface area contributed by atoms with Crippen LogP contribution in [0.15, 0.2) is 75.9 Å². The van der Waals surface area contributed by atoms with Crippen molar-refractivity contribution in [3.05, 3.63) is 88.3 Å². The largest absolute Gasteiger partial charge is 0.489 e. The molecule has 0 unspecified atom stereocenters. The van der Waals surface area contributed by atoms with E-state index in [1.807, 2.05) is 30.3 Å². The maximum atomic E-state index is 11.6. The van der Waals surface area contributed by atoms with E-state index in [1.54, 1.807) is 24.3 Å². The Kier molecular flexibility index (Phi) is 4.43. The molecule has 0 bridgehead atoms. The number of rotatable bonds is 5. The van der Waals surface area contributed by atoms with Crippen molar-refractivity contribution in [2.24, 2.45) is 0 Å². The van der Waals surface area contributed by atoms with Gasteiger partial charge in [0, 0.05) is 17.7 Å². The van der Waals surface area contributed by atoms with Crippen molar-refractivity contribution in [1.29, 1.82) is 0 Å². The summed E-state index contributed by atoms with van der Waals surface area (Å²) in [6.07, 6.45) is 0. The highest BCUT2D eigenvalue weighted by Gasteiger charge is 2.10. The van der Waals surface area contributed by atoms with E-state index in [1.165, 1.54) is 6.07 Å². The number of benzene rings is 2. The Morgan fingerprint density at radius 3 is 2.38 bits per heavy atom. The van der Waals surface area contributed by atoms with Gasteiger partial charge in [0.2, 0.25) is 5.76 Å². The Morgan fingerprint density at radius 1 is 1.00 bits per heavy atom. The lowest BCUT2D eigenvalue weighted by molar-refractivity contribution is 0.0660. The molecule has 24 heavy (non-hydrogen) atoms. The van der Waals surface area contributed by atoms with E-state index in [-0.39, 0.29) is 11.5 Å². The van der Waals surface area contributed by atoms with Crippen LogP contribution in [-0.4, -0.2) is 11.1 Å². The molecule has 0 saturated carbocycles. The van der Waals surface area contributed by atoms with E-state index in [2.05, 4.69) is 0 Å². The maximum absolute atomic E-state index is 11.6. The van der Waals surface area contributed by atoms with E-state index in [4.69, 9.17) is 14.3 Å². The number of carbonyl (C=O) groups is 1. The molecule has 0 spiro atoms. The van der Waals surface area contributed by atoms with Crippen molar-refractivity contribution < 1.29 is 19.1 Å². The first-order chi connectivity index (χ1) is 11.6. The molecule has 0 fully saturated rings. The molecule has 0 atom stereocenters. The fourth-order valence-electron chi connectivity index (χ4n) is 2.18. The smallest absolute Gasteiger partial charge is 0.371 e. The summed E-state index contributed by atoms with van der Waals surface area (Å²) < 4.78 is 10.9. The first-order valence-electron chi connectivity index (χ1n) is 7.27. The van der Waals surface area contributed by atoms with Gasteiger partial charge in [0.1, 0.15) is 18.1 Å². The van der Waals surface area contributed by atoms with Gasteiger partial charge in [-0.05, 0) is 29.8 Å². The van der Waals surface area contributed by atoms with Gasteiger partial charge in [0.15, 0.2) is 5.43 Å². The second kappa shape index (κ2) is 6.83. The second-order valence-electron chi connectivity index (χ2n) is 5.13. The molecular formula is C19H14O5. The molecule has 1 heterocycles. The highest BCUT2D eigenvalue weighted by atomic mass is 16.5. The van der Waals surface area contributed by atoms with Gasteiger partial charge in [-0.1, -0.05) is 30.3 Å². The fraction of sp³-hybridized carbons (Fsp3) is 0.0526. The summed E-state index contributed by atoms with van der Waals surface area (Å²) in [5.74, 6) is -0.799. The fourth-order valence-corrected chi connectivity index (χ4v) is 2.18. The maximum Gasteiger partial charge on any atom is 0.371 e. The van der Waals surface area contributed by atoms with Crippen molar-refractivity contribution in [1.82, 2.24) is 0 Å². The summed E-state index contributed by atoms with van der Waals surface area (Å²) in [5, 5.41) is 8.95. The standard InChI is InChI=1S/C19H14O5/c20-15-10-17(24-18(11-15)19(21)22)14-6-8-16(9-7-14)23-12-13-4-2-1-3-5-13/h1-11H,12H2,(H,21,22). The zero-order valence-electron chi connectivity index (χ0n) is 12.6. The predicted molar refractivity (Wildman–Crippen MR) is 88.1 cm³/mol. The molecule has 0 saturated heterocycles. The zero-order valence-corrected chi connectivity index (χ0v) is 12.6. The molecule has 0 aliphatic heterocycles. The van der Waals surface area contributed by atoms with Crippen LogP contribution in [0.5, 0.6) is 5.75 Å². The summed E-state index contributed by atoms with van der Waals surface area (Å²) in [6.45, 7) is 0.448. The number of carboxylic acid groups (broad SMARTS) is 1. The van der Waals surface area contributed by atoms with Gasteiger partial charge < -0.3 is 14.3 Å². The van der Waals surface area contributed by atoms with Crippen LogP contribution in [0.4, 0.5) is 0 Å². The number of hydrogen-bond acceptors (Lipinski definition) is 4. The Labute approximate surface area is 137 Å². The minimum Gasteiger partial charge on any atom is -0.489 e. The van der Waals surface area contributed by atoms with Crippen LogP contribution in [0.2, 0.25) is 0 Å². The van der Waals surface area contributed by atoms with Crippen molar-refractivity contribution in [2.45, 2.75) is 6.61 Å². The minimum atomic E-state index is -1.28. The van der Waals surface area contributed by atoms with Crippen LogP contribution in [0.25, 0.3) is 11.3 Å². The summed E-state index contributed by atoms with van der Waals surface area (Å²) >= 11 is 0. The second-order valence-corrected chi connectivity index (χ2v) is 5.13. The van der Waals surface area contributed by atoms with E-state index in [0.717, 1.165) is 11.6 Å². The molecule has 0 radical (unpaired) electrons. The third kappa shape index (κ3) is 3.70. The van der Waals surface area contributed by atoms with E-state index < -0.39 is 11.4 Å². The molecular weight excluding hydrogens is 308 g/mol. The van der Waals surface area contributed by atoms with Crippen molar-refractivity contribution in [2.75, 3.05) is 0 Å². The summed E-state index contributed by atoms with van der Waals surface area (Å²) in [6, 6.07) is 18.9. The number of aromatic carboxylic acids is 1. The van der Waals surface area contributed by atoms with Gasteiger partial charge in [-0.3, -0.25) is 4.79 Å².